The fraction of sp³-hybridized carbons (Fsp3) is 0.500. The van der Waals surface area contributed by atoms with Gasteiger partial charge in [0.25, 0.3) is 0 Å². The maximum absolute atomic E-state index is 11.8. The van der Waals surface area contributed by atoms with Crippen molar-refractivity contribution in [2.24, 2.45) is 5.92 Å². The van der Waals surface area contributed by atoms with Crippen LogP contribution < -0.4 is 5.32 Å². The van der Waals surface area contributed by atoms with Crippen LogP contribution in [0.25, 0.3) is 0 Å². The highest BCUT2D eigenvalue weighted by Gasteiger charge is 2.22. The van der Waals surface area contributed by atoms with Gasteiger partial charge in [0.2, 0.25) is 0 Å². The third-order valence-corrected chi connectivity index (χ3v) is 3.36. The number of hydrogen-bond acceptors (Lipinski definition) is 3. The molecule has 13 heavy (non-hydrogen) atoms. The van der Waals surface area contributed by atoms with Crippen LogP contribution in [0, 0.1) is 5.92 Å². The molecule has 3 heteroatoms. The molecule has 1 aliphatic rings. The van der Waals surface area contributed by atoms with E-state index < -0.39 is 0 Å². The quantitative estimate of drug-likeness (QED) is 0.731. The Bertz CT molecular complexity index is 275. The van der Waals surface area contributed by atoms with Crippen molar-refractivity contribution in [2.75, 3.05) is 13.1 Å². The van der Waals surface area contributed by atoms with E-state index in [-0.39, 0.29) is 5.92 Å². The lowest BCUT2D eigenvalue weighted by Crippen LogP contribution is -2.31. The molecule has 2 nitrogen and oxygen atoms in total. The van der Waals surface area contributed by atoms with E-state index >= 15 is 0 Å². The van der Waals surface area contributed by atoms with E-state index in [0.717, 1.165) is 30.8 Å². The Hall–Kier alpha value is -0.670. The summed E-state index contributed by atoms with van der Waals surface area (Å²) >= 11 is 1.55. The summed E-state index contributed by atoms with van der Waals surface area (Å²) in [6, 6.07) is 3.87. The second-order valence-corrected chi connectivity index (χ2v) is 4.31. The van der Waals surface area contributed by atoms with Gasteiger partial charge in [0.1, 0.15) is 0 Å². The summed E-state index contributed by atoms with van der Waals surface area (Å²) in [7, 11) is 0. The number of carbonyl (C=O) groups excluding carboxylic acids is 1. The fourth-order valence-corrected chi connectivity index (χ4v) is 2.45. The molecule has 0 radical (unpaired) electrons. The van der Waals surface area contributed by atoms with Crippen molar-refractivity contribution in [1.29, 1.82) is 0 Å². The van der Waals surface area contributed by atoms with E-state index in [1.54, 1.807) is 11.3 Å². The molecule has 70 valence electrons. The molecule has 0 aromatic carbocycles. The zero-order chi connectivity index (χ0) is 9.10. The maximum atomic E-state index is 11.8. The highest BCUT2D eigenvalue weighted by Crippen LogP contribution is 2.20. The van der Waals surface area contributed by atoms with Crippen molar-refractivity contribution in [3.8, 4) is 0 Å². The van der Waals surface area contributed by atoms with Gasteiger partial charge in [-0.3, -0.25) is 4.79 Å². The summed E-state index contributed by atoms with van der Waals surface area (Å²) < 4.78 is 0. The monoisotopic (exact) mass is 195 g/mol. The van der Waals surface area contributed by atoms with Gasteiger partial charge in [0.15, 0.2) is 5.78 Å². The van der Waals surface area contributed by atoms with Gasteiger partial charge in [0.05, 0.1) is 4.88 Å². The van der Waals surface area contributed by atoms with Crippen LogP contribution in [0.1, 0.15) is 22.5 Å². The summed E-state index contributed by atoms with van der Waals surface area (Å²) in [5.74, 6) is 0.608. The standard InChI is InChI=1S/C10H13NOS/c12-10(9-2-1-7-13-9)8-3-5-11-6-4-8/h1-2,7-8,11H,3-6H2. The number of rotatable bonds is 2. The molecule has 1 N–H and O–H groups in total. The molecule has 0 amide bonds. The van der Waals surface area contributed by atoms with Gasteiger partial charge in [-0.15, -0.1) is 11.3 Å². The molecule has 0 bridgehead atoms. The molecule has 0 saturated carbocycles. The minimum atomic E-state index is 0.264. The lowest BCUT2D eigenvalue weighted by atomic mass is 9.93. The molecule has 0 atom stereocenters. The smallest absolute Gasteiger partial charge is 0.175 e. The minimum Gasteiger partial charge on any atom is -0.317 e. The first-order valence-electron chi connectivity index (χ1n) is 4.66. The van der Waals surface area contributed by atoms with Crippen molar-refractivity contribution in [1.82, 2.24) is 5.32 Å². The van der Waals surface area contributed by atoms with E-state index in [9.17, 15) is 4.79 Å². The van der Waals surface area contributed by atoms with Crippen LogP contribution in [-0.4, -0.2) is 18.9 Å². The molecular weight excluding hydrogens is 182 g/mol. The van der Waals surface area contributed by atoms with Crippen LogP contribution in [0.4, 0.5) is 0 Å². The van der Waals surface area contributed by atoms with E-state index in [1.807, 2.05) is 17.5 Å². The van der Waals surface area contributed by atoms with Gasteiger partial charge >= 0.3 is 0 Å². The molecule has 2 rings (SSSR count). The van der Waals surface area contributed by atoms with Crippen LogP contribution in [0.2, 0.25) is 0 Å². The molecule has 1 saturated heterocycles. The van der Waals surface area contributed by atoms with Crippen molar-refractivity contribution in [3.05, 3.63) is 22.4 Å². The van der Waals surface area contributed by atoms with Gasteiger partial charge in [-0.2, -0.15) is 0 Å². The normalized spacial score (nSPS) is 18.8. The summed E-state index contributed by atoms with van der Waals surface area (Å²) in [5, 5.41) is 5.23. The van der Waals surface area contributed by atoms with Gasteiger partial charge in [-0.25, -0.2) is 0 Å². The molecule has 1 aromatic rings. The highest BCUT2D eigenvalue weighted by atomic mass is 32.1. The first-order valence-corrected chi connectivity index (χ1v) is 5.54. The summed E-state index contributed by atoms with van der Waals surface area (Å²) in [5.41, 5.74) is 0. The maximum Gasteiger partial charge on any atom is 0.175 e. The van der Waals surface area contributed by atoms with Crippen LogP contribution in [-0.2, 0) is 0 Å². The van der Waals surface area contributed by atoms with E-state index in [4.69, 9.17) is 0 Å². The molecular formula is C10H13NOS. The third-order valence-electron chi connectivity index (χ3n) is 2.47. The third kappa shape index (κ3) is 1.98. The molecule has 1 aliphatic heterocycles. The molecule has 0 aliphatic carbocycles. The van der Waals surface area contributed by atoms with Crippen LogP contribution in [0.15, 0.2) is 17.5 Å². The Morgan fingerprint density at radius 1 is 1.46 bits per heavy atom. The summed E-state index contributed by atoms with van der Waals surface area (Å²) in [6.07, 6.45) is 1.99. The number of Topliss-reactive ketones (excluding diaryl/α,β-unsaturated/α-hetero) is 1. The fourth-order valence-electron chi connectivity index (χ4n) is 1.70. The number of carbonyl (C=O) groups is 1. The summed E-state index contributed by atoms with van der Waals surface area (Å²) in [4.78, 5) is 12.8. The van der Waals surface area contributed by atoms with Gasteiger partial charge in [-0.1, -0.05) is 6.07 Å². The molecule has 0 unspecified atom stereocenters. The average Bonchev–Trinajstić information content (AvgIpc) is 2.71. The Morgan fingerprint density at radius 3 is 2.85 bits per heavy atom. The first-order chi connectivity index (χ1) is 6.38. The zero-order valence-corrected chi connectivity index (χ0v) is 8.27. The number of piperidine rings is 1. The zero-order valence-electron chi connectivity index (χ0n) is 7.45. The second kappa shape index (κ2) is 4.03. The second-order valence-electron chi connectivity index (χ2n) is 3.37. The molecule has 1 aromatic heterocycles. The Balaban J connectivity index is 2.04. The summed E-state index contributed by atoms with van der Waals surface area (Å²) in [6.45, 7) is 1.98. The van der Waals surface area contributed by atoms with Gasteiger partial charge in [-0.05, 0) is 37.4 Å². The number of ketones is 1. The minimum absolute atomic E-state index is 0.264. The van der Waals surface area contributed by atoms with Crippen molar-refractivity contribution < 1.29 is 4.79 Å². The largest absolute Gasteiger partial charge is 0.317 e. The van der Waals surface area contributed by atoms with Crippen molar-refractivity contribution in [3.63, 3.8) is 0 Å². The Morgan fingerprint density at radius 2 is 2.23 bits per heavy atom. The van der Waals surface area contributed by atoms with E-state index in [0.29, 0.717) is 5.78 Å². The van der Waals surface area contributed by atoms with Crippen LogP contribution in [0.3, 0.4) is 0 Å². The average molecular weight is 195 g/mol. The predicted octanol–water partition coefficient (Wildman–Crippen LogP) is 1.93. The lowest BCUT2D eigenvalue weighted by molar-refractivity contribution is 0.0899. The predicted molar refractivity (Wildman–Crippen MR) is 54.2 cm³/mol. The van der Waals surface area contributed by atoms with Crippen LogP contribution >= 0.6 is 11.3 Å². The van der Waals surface area contributed by atoms with E-state index in [2.05, 4.69) is 5.32 Å². The highest BCUT2D eigenvalue weighted by molar-refractivity contribution is 7.12. The van der Waals surface area contributed by atoms with E-state index in [1.165, 1.54) is 0 Å². The Kier molecular flexibility index (Phi) is 2.76. The van der Waals surface area contributed by atoms with Crippen molar-refractivity contribution in [2.45, 2.75) is 12.8 Å². The SMILES string of the molecule is O=C(c1cccs1)C1CCNCC1. The topological polar surface area (TPSA) is 29.1 Å². The lowest BCUT2D eigenvalue weighted by Gasteiger charge is -2.20. The molecule has 1 fully saturated rings. The van der Waals surface area contributed by atoms with Crippen molar-refractivity contribution >= 4 is 17.1 Å². The molecule has 2 heterocycles. The Labute approximate surface area is 82.0 Å². The van der Waals surface area contributed by atoms with Gasteiger partial charge < -0.3 is 5.32 Å². The van der Waals surface area contributed by atoms with Gasteiger partial charge in [0, 0.05) is 5.92 Å². The molecule has 0 spiro atoms. The number of thiophene rings is 1. The first kappa shape index (κ1) is 8.91. The van der Waals surface area contributed by atoms with Crippen LogP contribution in [0.5, 0.6) is 0 Å². The number of hydrogen-bond donors (Lipinski definition) is 1. The number of nitrogens with one attached hydrogen (secondary N) is 1.